The van der Waals surface area contributed by atoms with Crippen molar-refractivity contribution in [1.29, 1.82) is 0 Å². The molecule has 0 amide bonds. The summed E-state index contributed by atoms with van der Waals surface area (Å²) in [5, 5.41) is 11.2. The number of ether oxygens (including phenoxy) is 1. The van der Waals surface area contributed by atoms with Gasteiger partial charge >= 0.3 is 0 Å². The number of thiophene rings is 1. The lowest BCUT2D eigenvalue weighted by Crippen LogP contribution is -2.49. The highest BCUT2D eigenvalue weighted by Gasteiger charge is 2.24. The lowest BCUT2D eigenvalue weighted by molar-refractivity contribution is -0.0772. The topological polar surface area (TPSA) is 32.7 Å². The smallest absolute Gasteiger partial charge is 0.0933 e. The summed E-state index contributed by atoms with van der Waals surface area (Å²) < 4.78 is 5.52. The van der Waals surface area contributed by atoms with Crippen molar-refractivity contribution in [3.63, 3.8) is 0 Å². The van der Waals surface area contributed by atoms with Crippen LogP contribution in [-0.2, 0) is 11.2 Å². The number of hydrogen-bond acceptors (Lipinski definition) is 4. The Bertz CT molecular complexity index is 302. The van der Waals surface area contributed by atoms with Crippen LogP contribution < -0.4 is 0 Å². The molecule has 16 heavy (non-hydrogen) atoms. The molecule has 0 aliphatic carbocycles. The van der Waals surface area contributed by atoms with E-state index in [-0.39, 0.29) is 12.7 Å². The van der Waals surface area contributed by atoms with Crippen LogP contribution in [0.2, 0.25) is 0 Å². The first-order valence-electron chi connectivity index (χ1n) is 5.78. The van der Waals surface area contributed by atoms with E-state index in [0.29, 0.717) is 6.04 Å². The van der Waals surface area contributed by atoms with Crippen LogP contribution in [0.1, 0.15) is 11.8 Å². The van der Waals surface area contributed by atoms with Crippen molar-refractivity contribution in [2.45, 2.75) is 25.5 Å². The summed E-state index contributed by atoms with van der Waals surface area (Å²) in [4.78, 5) is 3.84. The standard InChI is InChI=1S/C12H19NO2S/c1-10-9-15-11(8-14)7-13(10)5-4-12-3-2-6-16-12/h2-3,6,10-11,14H,4-5,7-9H2,1H3. The summed E-state index contributed by atoms with van der Waals surface area (Å²) in [5.74, 6) is 0. The normalized spacial score (nSPS) is 27.1. The minimum absolute atomic E-state index is 0.000430. The maximum Gasteiger partial charge on any atom is 0.0933 e. The Morgan fingerprint density at radius 3 is 3.19 bits per heavy atom. The van der Waals surface area contributed by atoms with Gasteiger partial charge in [0.25, 0.3) is 0 Å². The van der Waals surface area contributed by atoms with Crippen molar-refractivity contribution >= 4 is 11.3 Å². The molecule has 2 unspecified atom stereocenters. The van der Waals surface area contributed by atoms with Crippen LogP contribution in [0.5, 0.6) is 0 Å². The monoisotopic (exact) mass is 241 g/mol. The summed E-state index contributed by atoms with van der Waals surface area (Å²) in [7, 11) is 0. The molecule has 1 aliphatic rings. The minimum Gasteiger partial charge on any atom is -0.394 e. The number of rotatable bonds is 4. The predicted molar refractivity (Wildman–Crippen MR) is 65.9 cm³/mol. The van der Waals surface area contributed by atoms with E-state index in [2.05, 4.69) is 29.3 Å². The molecule has 0 saturated carbocycles. The van der Waals surface area contributed by atoms with Gasteiger partial charge in [-0.2, -0.15) is 0 Å². The zero-order valence-electron chi connectivity index (χ0n) is 9.63. The van der Waals surface area contributed by atoms with Crippen molar-refractivity contribution in [3.8, 4) is 0 Å². The number of aliphatic hydroxyl groups is 1. The van der Waals surface area contributed by atoms with Crippen molar-refractivity contribution in [2.75, 3.05) is 26.3 Å². The second kappa shape index (κ2) is 5.77. The van der Waals surface area contributed by atoms with Crippen LogP contribution in [0.3, 0.4) is 0 Å². The Kier molecular flexibility index (Phi) is 4.35. The van der Waals surface area contributed by atoms with Gasteiger partial charge in [0, 0.05) is 24.0 Å². The highest BCUT2D eigenvalue weighted by molar-refractivity contribution is 7.09. The van der Waals surface area contributed by atoms with E-state index in [1.54, 1.807) is 0 Å². The summed E-state index contributed by atoms with van der Waals surface area (Å²) in [6.07, 6.45) is 1.10. The fourth-order valence-corrected chi connectivity index (χ4v) is 2.70. The predicted octanol–water partition coefficient (Wildman–Crippen LogP) is 1.37. The van der Waals surface area contributed by atoms with E-state index in [1.165, 1.54) is 4.88 Å². The van der Waals surface area contributed by atoms with E-state index in [1.807, 2.05) is 11.3 Å². The lowest BCUT2D eigenvalue weighted by Gasteiger charge is -2.37. The first kappa shape index (κ1) is 12.0. The minimum atomic E-state index is -0.000430. The molecule has 2 heterocycles. The van der Waals surface area contributed by atoms with Gasteiger partial charge in [-0.05, 0) is 24.8 Å². The Labute approximate surface area is 101 Å². The van der Waals surface area contributed by atoms with Crippen molar-refractivity contribution in [2.24, 2.45) is 0 Å². The Morgan fingerprint density at radius 2 is 2.50 bits per heavy atom. The number of nitrogens with zero attached hydrogens (tertiary/aromatic N) is 1. The number of aliphatic hydroxyl groups excluding tert-OH is 1. The Balaban J connectivity index is 1.82. The molecule has 2 atom stereocenters. The first-order chi connectivity index (χ1) is 7.79. The van der Waals surface area contributed by atoms with E-state index in [9.17, 15) is 0 Å². The molecule has 1 aromatic rings. The van der Waals surface area contributed by atoms with Crippen LogP contribution in [0.4, 0.5) is 0 Å². The first-order valence-corrected chi connectivity index (χ1v) is 6.66. The lowest BCUT2D eigenvalue weighted by atomic mass is 10.2. The van der Waals surface area contributed by atoms with Crippen LogP contribution in [-0.4, -0.2) is 48.5 Å². The fraction of sp³-hybridized carbons (Fsp3) is 0.667. The van der Waals surface area contributed by atoms with E-state index >= 15 is 0 Å². The van der Waals surface area contributed by atoms with Crippen molar-refractivity contribution in [3.05, 3.63) is 22.4 Å². The SMILES string of the molecule is CC1COC(CO)CN1CCc1cccs1. The van der Waals surface area contributed by atoms with Gasteiger partial charge in [-0.15, -0.1) is 11.3 Å². The summed E-state index contributed by atoms with van der Waals surface area (Å²) >= 11 is 1.81. The molecule has 4 heteroatoms. The zero-order chi connectivity index (χ0) is 11.4. The molecule has 2 rings (SSSR count). The van der Waals surface area contributed by atoms with Gasteiger partial charge in [0.05, 0.1) is 19.3 Å². The third-order valence-electron chi connectivity index (χ3n) is 3.06. The average molecular weight is 241 g/mol. The maximum atomic E-state index is 9.10. The molecule has 90 valence electrons. The molecule has 0 spiro atoms. The van der Waals surface area contributed by atoms with Crippen LogP contribution in [0, 0.1) is 0 Å². The van der Waals surface area contributed by atoms with Gasteiger partial charge < -0.3 is 9.84 Å². The maximum absolute atomic E-state index is 9.10. The number of morpholine rings is 1. The molecule has 1 N–H and O–H groups in total. The third kappa shape index (κ3) is 3.04. The van der Waals surface area contributed by atoms with Crippen molar-refractivity contribution < 1.29 is 9.84 Å². The fourth-order valence-electron chi connectivity index (χ4n) is 2.01. The number of hydrogen-bond donors (Lipinski definition) is 1. The quantitative estimate of drug-likeness (QED) is 0.864. The van der Waals surface area contributed by atoms with Crippen LogP contribution in [0.15, 0.2) is 17.5 Å². The van der Waals surface area contributed by atoms with Crippen molar-refractivity contribution in [1.82, 2.24) is 4.90 Å². The molecule has 1 aliphatic heterocycles. The van der Waals surface area contributed by atoms with Gasteiger partial charge in [-0.3, -0.25) is 4.90 Å². The second-order valence-corrected chi connectivity index (χ2v) is 5.34. The molecule has 1 aromatic heterocycles. The molecule has 0 radical (unpaired) electrons. The molecule has 1 saturated heterocycles. The average Bonchev–Trinajstić information content (AvgIpc) is 2.81. The second-order valence-electron chi connectivity index (χ2n) is 4.31. The summed E-state index contributed by atoms with van der Waals surface area (Å²) in [6, 6.07) is 4.74. The Morgan fingerprint density at radius 1 is 1.62 bits per heavy atom. The molecule has 1 fully saturated rings. The third-order valence-corrected chi connectivity index (χ3v) is 4.00. The largest absolute Gasteiger partial charge is 0.394 e. The summed E-state index contributed by atoms with van der Waals surface area (Å²) in [5.41, 5.74) is 0. The highest BCUT2D eigenvalue weighted by Crippen LogP contribution is 2.14. The molecule has 0 aromatic carbocycles. The van der Waals surface area contributed by atoms with Crippen LogP contribution >= 0.6 is 11.3 Å². The van der Waals surface area contributed by atoms with Gasteiger partial charge in [-0.1, -0.05) is 6.07 Å². The van der Waals surface area contributed by atoms with Crippen LogP contribution in [0.25, 0.3) is 0 Å². The molecule has 3 nitrogen and oxygen atoms in total. The zero-order valence-corrected chi connectivity index (χ0v) is 10.4. The highest BCUT2D eigenvalue weighted by atomic mass is 32.1. The summed E-state index contributed by atoms with van der Waals surface area (Å²) in [6.45, 7) is 4.95. The van der Waals surface area contributed by atoms with E-state index in [0.717, 1.165) is 26.1 Å². The van der Waals surface area contributed by atoms with Gasteiger partial charge in [0.1, 0.15) is 0 Å². The Hall–Kier alpha value is -0.420. The van der Waals surface area contributed by atoms with Gasteiger partial charge in [0.2, 0.25) is 0 Å². The van der Waals surface area contributed by atoms with E-state index in [4.69, 9.17) is 9.84 Å². The van der Waals surface area contributed by atoms with Gasteiger partial charge in [-0.25, -0.2) is 0 Å². The molecular weight excluding hydrogens is 222 g/mol. The molecular formula is C12H19NO2S. The van der Waals surface area contributed by atoms with E-state index < -0.39 is 0 Å². The van der Waals surface area contributed by atoms with Gasteiger partial charge in [0.15, 0.2) is 0 Å². The molecule has 0 bridgehead atoms.